The Bertz CT molecular complexity index is 1100. The molecule has 0 atom stereocenters. The van der Waals surface area contributed by atoms with Gasteiger partial charge in [-0.2, -0.15) is 0 Å². The lowest BCUT2D eigenvalue weighted by atomic mass is 10.2. The molecular weight excluding hydrogens is 392 g/mol. The Morgan fingerprint density at radius 1 is 0.862 bits per heavy atom. The Morgan fingerprint density at radius 3 is 2.07 bits per heavy atom. The van der Waals surface area contributed by atoms with Gasteiger partial charge in [0.1, 0.15) is 0 Å². The summed E-state index contributed by atoms with van der Waals surface area (Å²) in [4.78, 5) is 24.6. The smallest absolute Gasteiger partial charge is 0.291 e. The highest BCUT2D eigenvalue weighted by molar-refractivity contribution is 7.91. The first kappa shape index (κ1) is 20.3. The van der Waals surface area contributed by atoms with E-state index in [0.717, 1.165) is 0 Å². The molecule has 2 amide bonds. The minimum absolute atomic E-state index is 0.0154. The third-order valence-corrected chi connectivity index (χ3v) is 6.06. The SMILES string of the molecule is CCCS(=O)(=O)c1ccccc1C(=O)Nc1ccc(NC(=O)c2ccco2)cc1. The highest BCUT2D eigenvalue weighted by Gasteiger charge is 2.21. The second kappa shape index (κ2) is 8.74. The highest BCUT2D eigenvalue weighted by Crippen LogP contribution is 2.20. The van der Waals surface area contributed by atoms with Crippen LogP contribution in [0.2, 0.25) is 0 Å². The van der Waals surface area contributed by atoms with Gasteiger partial charge in [0.05, 0.1) is 22.5 Å². The first-order valence-corrected chi connectivity index (χ1v) is 10.6. The van der Waals surface area contributed by atoms with E-state index in [1.54, 1.807) is 55.5 Å². The fourth-order valence-electron chi connectivity index (χ4n) is 2.74. The van der Waals surface area contributed by atoms with Gasteiger partial charge in [-0.25, -0.2) is 8.42 Å². The van der Waals surface area contributed by atoms with Gasteiger partial charge >= 0.3 is 0 Å². The summed E-state index contributed by atoms with van der Waals surface area (Å²) in [6.45, 7) is 1.77. The molecule has 2 N–H and O–H groups in total. The van der Waals surface area contributed by atoms with Gasteiger partial charge in [0.25, 0.3) is 11.8 Å². The normalized spacial score (nSPS) is 11.1. The third-order valence-electron chi connectivity index (χ3n) is 4.09. The van der Waals surface area contributed by atoms with E-state index in [1.165, 1.54) is 18.4 Å². The number of benzene rings is 2. The van der Waals surface area contributed by atoms with Gasteiger partial charge in [0.2, 0.25) is 0 Å². The topological polar surface area (TPSA) is 105 Å². The molecule has 29 heavy (non-hydrogen) atoms. The standard InChI is InChI=1S/C21H20N2O5S/c1-2-14-29(26,27)19-8-4-3-6-17(19)20(24)22-15-9-11-16(12-10-15)23-21(25)18-7-5-13-28-18/h3-13H,2,14H2,1H3,(H,22,24)(H,23,25). The number of sulfone groups is 1. The minimum Gasteiger partial charge on any atom is -0.459 e. The lowest BCUT2D eigenvalue weighted by Gasteiger charge is -2.11. The number of nitrogens with one attached hydrogen (secondary N) is 2. The van der Waals surface area contributed by atoms with Crippen molar-refractivity contribution in [3.63, 3.8) is 0 Å². The minimum atomic E-state index is -3.54. The van der Waals surface area contributed by atoms with Crippen LogP contribution >= 0.6 is 0 Å². The first-order valence-electron chi connectivity index (χ1n) is 8.99. The quantitative estimate of drug-likeness (QED) is 0.611. The summed E-state index contributed by atoms with van der Waals surface area (Å²) in [5.41, 5.74) is 1.08. The molecule has 3 rings (SSSR count). The van der Waals surface area contributed by atoms with Crippen LogP contribution in [0.5, 0.6) is 0 Å². The van der Waals surface area contributed by atoms with Crippen LogP contribution in [-0.4, -0.2) is 26.0 Å². The number of rotatable bonds is 7. The molecule has 0 saturated carbocycles. The summed E-state index contributed by atoms with van der Waals surface area (Å²) in [7, 11) is -3.54. The Kier molecular flexibility index (Phi) is 6.13. The van der Waals surface area contributed by atoms with Gasteiger partial charge in [-0.1, -0.05) is 19.1 Å². The van der Waals surface area contributed by atoms with E-state index < -0.39 is 15.7 Å². The maximum Gasteiger partial charge on any atom is 0.291 e. The molecule has 0 fully saturated rings. The highest BCUT2D eigenvalue weighted by atomic mass is 32.2. The third kappa shape index (κ3) is 4.91. The van der Waals surface area contributed by atoms with Crippen LogP contribution in [0.4, 0.5) is 11.4 Å². The zero-order valence-electron chi connectivity index (χ0n) is 15.7. The number of amides is 2. The van der Waals surface area contributed by atoms with Crippen molar-refractivity contribution in [1.29, 1.82) is 0 Å². The molecule has 0 bridgehead atoms. The number of hydrogen-bond donors (Lipinski definition) is 2. The predicted molar refractivity (Wildman–Crippen MR) is 110 cm³/mol. The Balaban J connectivity index is 1.73. The number of carbonyl (C=O) groups excluding carboxylic acids is 2. The largest absolute Gasteiger partial charge is 0.459 e. The summed E-state index contributed by atoms with van der Waals surface area (Å²) in [5, 5.41) is 5.36. The van der Waals surface area contributed by atoms with E-state index in [2.05, 4.69) is 10.6 Å². The van der Waals surface area contributed by atoms with Gasteiger partial charge in [-0.15, -0.1) is 0 Å². The van der Waals surface area contributed by atoms with Crippen LogP contribution in [0, 0.1) is 0 Å². The molecule has 0 unspecified atom stereocenters. The summed E-state index contributed by atoms with van der Waals surface area (Å²) in [6.07, 6.45) is 1.87. The molecule has 1 heterocycles. The fourth-order valence-corrected chi connectivity index (χ4v) is 4.28. The lowest BCUT2D eigenvalue weighted by molar-refractivity contribution is 0.0994. The van der Waals surface area contributed by atoms with Crippen LogP contribution in [0.3, 0.4) is 0 Å². The zero-order chi connectivity index (χ0) is 20.9. The van der Waals surface area contributed by atoms with E-state index in [1.807, 2.05) is 0 Å². The Labute approximate surface area is 168 Å². The van der Waals surface area contributed by atoms with E-state index in [9.17, 15) is 18.0 Å². The van der Waals surface area contributed by atoms with E-state index in [0.29, 0.717) is 17.8 Å². The summed E-state index contributed by atoms with van der Waals surface area (Å²) in [6, 6.07) is 15.8. The van der Waals surface area contributed by atoms with Crippen LogP contribution in [0.1, 0.15) is 34.3 Å². The molecule has 0 aliphatic carbocycles. The first-order chi connectivity index (χ1) is 13.9. The molecule has 150 valence electrons. The lowest BCUT2D eigenvalue weighted by Crippen LogP contribution is -2.17. The van der Waals surface area contributed by atoms with E-state index >= 15 is 0 Å². The van der Waals surface area contributed by atoms with Crippen molar-refractivity contribution < 1.29 is 22.4 Å². The number of carbonyl (C=O) groups is 2. The summed E-state index contributed by atoms with van der Waals surface area (Å²) >= 11 is 0. The molecule has 8 heteroatoms. The van der Waals surface area contributed by atoms with Crippen LogP contribution in [0.25, 0.3) is 0 Å². The zero-order valence-corrected chi connectivity index (χ0v) is 16.5. The average Bonchev–Trinajstić information content (AvgIpc) is 3.24. The van der Waals surface area contributed by atoms with E-state index in [4.69, 9.17) is 4.42 Å². The molecule has 2 aromatic carbocycles. The van der Waals surface area contributed by atoms with Crippen molar-refractivity contribution in [3.05, 3.63) is 78.3 Å². The average molecular weight is 412 g/mol. The van der Waals surface area contributed by atoms with Crippen molar-refractivity contribution >= 4 is 33.0 Å². The molecule has 1 aromatic heterocycles. The van der Waals surface area contributed by atoms with Crippen LogP contribution < -0.4 is 10.6 Å². The van der Waals surface area contributed by atoms with Gasteiger partial charge in [0.15, 0.2) is 15.6 Å². The molecule has 0 aliphatic heterocycles. The molecule has 7 nitrogen and oxygen atoms in total. The number of hydrogen-bond acceptors (Lipinski definition) is 5. The maximum absolute atomic E-state index is 12.6. The molecule has 0 radical (unpaired) electrons. The Morgan fingerprint density at radius 2 is 1.48 bits per heavy atom. The van der Waals surface area contributed by atoms with Crippen molar-refractivity contribution in [2.75, 3.05) is 16.4 Å². The monoisotopic (exact) mass is 412 g/mol. The number of anilines is 2. The molecule has 3 aromatic rings. The molecule has 0 saturated heterocycles. The fraction of sp³-hybridized carbons (Fsp3) is 0.143. The van der Waals surface area contributed by atoms with Crippen LogP contribution in [0.15, 0.2) is 76.2 Å². The van der Waals surface area contributed by atoms with Gasteiger partial charge in [0, 0.05) is 11.4 Å². The second-order valence-corrected chi connectivity index (χ2v) is 8.36. The van der Waals surface area contributed by atoms with E-state index in [-0.39, 0.29) is 27.9 Å². The van der Waals surface area contributed by atoms with Crippen molar-refractivity contribution in [2.45, 2.75) is 18.2 Å². The maximum atomic E-state index is 12.6. The Hall–Kier alpha value is -3.39. The van der Waals surface area contributed by atoms with Gasteiger partial charge < -0.3 is 15.1 Å². The van der Waals surface area contributed by atoms with Crippen molar-refractivity contribution in [3.8, 4) is 0 Å². The van der Waals surface area contributed by atoms with Crippen LogP contribution in [-0.2, 0) is 9.84 Å². The van der Waals surface area contributed by atoms with Crippen molar-refractivity contribution in [2.24, 2.45) is 0 Å². The summed E-state index contributed by atoms with van der Waals surface area (Å²) < 4.78 is 29.9. The van der Waals surface area contributed by atoms with Gasteiger partial charge in [-0.05, 0) is 55.0 Å². The molecule has 0 aliphatic rings. The van der Waals surface area contributed by atoms with Crippen molar-refractivity contribution in [1.82, 2.24) is 0 Å². The molecule has 0 spiro atoms. The second-order valence-electron chi connectivity index (χ2n) is 6.28. The number of furan rings is 1. The van der Waals surface area contributed by atoms with Gasteiger partial charge in [-0.3, -0.25) is 9.59 Å². The molecular formula is C21H20N2O5S. The predicted octanol–water partition coefficient (Wildman–Crippen LogP) is 3.97. The summed E-state index contributed by atoms with van der Waals surface area (Å²) in [5.74, 6) is -0.747.